The van der Waals surface area contributed by atoms with Gasteiger partial charge < -0.3 is 9.64 Å². The van der Waals surface area contributed by atoms with Crippen molar-refractivity contribution in [3.63, 3.8) is 0 Å². The van der Waals surface area contributed by atoms with Crippen LogP contribution < -0.4 is 4.74 Å². The molecule has 2 aliphatic heterocycles. The van der Waals surface area contributed by atoms with Crippen LogP contribution in [0.4, 0.5) is 4.39 Å². The predicted molar refractivity (Wildman–Crippen MR) is 119 cm³/mol. The van der Waals surface area contributed by atoms with E-state index in [1.165, 1.54) is 12.1 Å². The van der Waals surface area contributed by atoms with Gasteiger partial charge in [-0.25, -0.2) is 9.40 Å². The normalized spacial score (nSPS) is 19.5. The maximum Gasteiger partial charge on any atom is 0.239 e. The lowest BCUT2D eigenvalue weighted by atomic mass is 9.84. The largest absolute Gasteiger partial charge is 0.491 e. The molecule has 5 nitrogen and oxygen atoms in total. The number of hydrogen-bond donors (Lipinski definition) is 0. The number of benzene rings is 2. The lowest BCUT2D eigenvalue weighted by molar-refractivity contribution is -0.145. The topological polar surface area (TPSA) is 36.0 Å². The minimum atomic E-state index is -0.240. The molecular weight excluding hydrogens is 393 g/mol. The van der Waals surface area contributed by atoms with E-state index in [0.717, 1.165) is 42.8 Å². The van der Waals surface area contributed by atoms with E-state index in [9.17, 15) is 9.18 Å². The Hall–Kier alpha value is -2.44. The number of likely N-dealkylation sites (tertiary alicyclic amines) is 1. The van der Waals surface area contributed by atoms with Gasteiger partial charge >= 0.3 is 0 Å². The van der Waals surface area contributed by atoms with Gasteiger partial charge in [-0.2, -0.15) is 0 Å². The Labute approximate surface area is 184 Å². The molecule has 0 radical (unpaired) electrons. The van der Waals surface area contributed by atoms with Gasteiger partial charge in [0.1, 0.15) is 11.6 Å². The maximum atomic E-state index is 13.4. The summed E-state index contributed by atoms with van der Waals surface area (Å²) in [5.74, 6) is 0.756. The molecule has 0 aliphatic carbocycles. The minimum absolute atomic E-state index is 0.126. The lowest BCUT2D eigenvalue weighted by Gasteiger charge is -2.45. The number of amides is 1. The van der Waals surface area contributed by atoms with Crippen molar-refractivity contribution in [2.24, 2.45) is 0 Å². The molecule has 31 heavy (non-hydrogen) atoms. The Morgan fingerprint density at radius 2 is 1.55 bits per heavy atom. The van der Waals surface area contributed by atoms with Crippen LogP contribution in [0.3, 0.4) is 0 Å². The summed E-state index contributed by atoms with van der Waals surface area (Å²) in [5, 5.41) is 4.17. The van der Waals surface area contributed by atoms with E-state index in [1.54, 1.807) is 0 Å². The number of carbonyl (C=O) groups excluding carboxylic acids is 1. The third-order valence-corrected chi connectivity index (χ3v) is 6.40. The van der Waals surface area contributed by atoms with Crippen molar-refractivity contribution in [2.75, 3.05) is 20.1 Å². The van der Waals surface area contributed by atoms with Crippen molar-refractivity contribution in [3.8, 4) is 5.75 Å². The number of nitrogens with zero attached hydrogens (tertiary/aromatic N) is 3. The third kappa shape index (κ3) is 4.91. The molecule has 2 fully saturated rings. The Kier molecular flexibility index (Phi) is 6.30. The highest BCUT2D eigenvalue weighted by Crippen LogP contribution is 2.41. The summed E-state index contributed by atoms with van der Waals surface area (Å²) < 4.78 is 19.2. The first-order valence-electron chi connectivity index (χ1n) is 11.1. The van der Waals surface area contributed by atoms with E-state index in [0.29, 0.717) is 19.5 Å². The molecule has 1 amide bonds. The molecule has 1 spiro atoms. The predicted octanol–water partition coefficient (Wildman–Crippen LogP) is 4.23. The van der Waals surface area contributed by atoms with Crippen LogP contribution in [0.15, 0.2) is 48.5 Å². The van der Waals surface area contributed by atoms with Crippen molar-refractivity contribution in [3.05, 3.63) is 65.5 Å². The average molecular weight is 426 g/mol. The van der Waals surface area contributed by atoms with Crippen molar-refractivity contribution in [2.45, 2.75) is 57.8 Å². The summed E-state index contributed by atoms with van der Waals surface area (Å²) in [6.07, 6.45) is 2.57. The SMILES string of the molecule is CC(C)Oc1ccc(CN2C(=O)CC3(CCN(C)CC3)N2Cc2ccc(F)cc2)cc1. The highest BCUT2D eigenvalue weighted by molar-refractivity contribution is 5.79. The fraction of sp³-hybridized carbons (Fsp3) is 0.480. The zero-order chi connectivity index (χ0) is 22.0. The molecule has 0 saturated carbocycles. The number of carbonyl (C=O) groups is 1. The second-order valence-electron chi connectivity index (χ2n) is 9.15. The van der Waals surface area contributed by atoms with Gasteiger partial charge in [-0.15, -0.1) is 0 Å². The molecule has 0 bridgehead atoms. The fourth-order valence-corrected chi connectivity index (χ4v) is 4.63. The van der Waals surface area contributed by atoms with Crippen LogP contribution in [0.25, 0.3) is 0 Å². The quantitative estimate of drug-likeness (QED) is 0.694. The van der Waals surface area contributed by atoms with Gasteiger partial charge in [0, 0.05) is 13.0 Å². The molecule has 166 valence electrons. The number of hydrogen-bond acceptors (Lipinski definition) is 4. The zero-order valence-corrected chi connectivity index (χ0v) is 18.7. The molecular formula is C25H32FN3O2. The summed E-state index contributed by atoms with van der Waals surface area (Å²) >= 11 is 0. The smallest absolute Gasteiger partial charge is 0.239 e. The molecule has 0 N–H and O–H groups in total. The highest BCUT2D eigenvalue weighted by atomic mass is 19.1. The van der Waals surface area contributed by atoms with Gasteiger partial charge in [0.15, 0.2) is 0 Å². The number of rotatable bonds is 6. The van der Waals surface area contributed by atoms with Crippen LogP contribution >= 0.6 is 0 Å². The monoisotopic (exact) mass is 425 g/mol. The van der Waals surface area contributed by atoms with E-state index in [2.05, 4.69) is 17.0 Å². The summed E-state index contributed by atoms with van der Waals surface area (Å²) in [7, 11) is 2.13. The Bertz CT molecular complexity index is 890. The molecule has 2 saturated heterocycles. The summed E-state index contributed by atoms with van der Waals surface area (Å²) in [5.41, 5.74) is 1.91. The van der Waals surface area contributed by atoms with E-state index in [-0.39, 0.29) is 23.4 Å². The number of hydrazine groups is 1. The van der Waals surface area contributed by atoms with Gasteiger partial charge in [-0.1, -0.05) is 24.3 Å². The molecule has 2 aromatic carbocycles. The van der Waals surface area contributed by atoms with Crippen molar-refractivity contribution in [1.29, 1.82) is 0 Å². The van der Waals surface area contributed by atoms with Crippen LogP contribution in [0, 0.1) is 5.82 Å². The van der Waals surface area contributed by atoms with Gasteiger partial charge in [0.2, 0.25) is 5.91 Å². The van der Waals surface area contributed by atoms with E-state index >= 15 is 0 Å². The first kappa shape index (κ1) is 21.8. The lowest BCUT2D eigenvalue weighted by Crippen LogP contribution is -2.54. The second-order valence-corrected chi connectivity index (χ2v) is 9.15. The van der Waals surface area contributed by atoms with Gasteiger partial charge in [-0.05, 0) is 82.2 Å². The third-order valence-electron chi connectivity index (χ3n) is 6.40. The van der Waals surface area contributed by atoms with Crippen LogP contribution in [0.5, 0.6) is 5.75 Å². The standard InChI is InChI=1S/C25H32FN3O2/c1-19(2)31-23-10-6-20(7-11-23)17-28-24(30)16-25(12-14-27(3)15-13-25)29(28)18-21-4-8-22(26)9-5-21/h4-11,19H,12-18H2,1-3H3. The maximum absolute atomic E-state index is 13.4. The van der Waals surface area contributed by atoms with Crippen LogP contribution in [-0.2, 0) is 17.9 Å². The zero-order valence-electron chi connectivity index (χ0n) is 18.7. The molecule has 6 heteroatoms. The molecule has 2 aromatic rings. The Morgan fingerprint density at radius 3 is 2.16 bits per heavy atom. The molecule has 0 atom stereocenters. The first-order valence-corrected chi connectivity index (χ1v) is 11.1. The number of piperidine rings is 1. The average Bonchev–Trinajstić information content (AvgIpc) is 2.98. The summed E-state index contributed by atoms with van der Waals surface area (Å²) in [6.45, 7) is 7.09. The van der Waals surface area contributed by atoms with E-state index < -0.39 is 0 Å². The van der Waals surface area contributed by atoms with Crippen molar-refractivity contribution in [1.82, 2.24) is 14.9 Å². The van der Waals surface area contributed by atoms with Gasteiger partial charge in [-0.3, -0.25) is 9.80 Å². The second kappa shape index (κ2) is 8.97. The molecule has 2 heterocycles. The molecule has 2 aliphatic rings. The van der Waals surface area contributed by atoms with Gasteiger partial charge in [0.05, 0.1) is 18.2 Å². The minimum Gasteiger partial charge on any atom is -0.491 e. The van der Waals surface area contributed by atoms with Gasteiger partial charge in [0.25, 0.3) is 0 Å². The number of ether oxygens (including phenoxy) is 1. The highest BCUT2D eigenvalue weighted by Gasteiger charge is 2.50. The molecule has 0 aromatic heterocycles. The first-order chi connectivity index (χ1) is 14.8. The number of halogens is 1. The van der Waals surface area contributed by atoms with Crippen LogP contribution in [0.2, 0.25) is 0 Å². The Balaban J connectivity index is 1.57. The summed E-state index contributed by atoms with van der Waals surface area (Å²) in [4.78, 5) is 15.5. The fourth-order valence-electron chi connectivity index (χ4n) is 4.63. The molecule has 0 unspecified atom stereocenters. The summed E-state index contributed by atoms with van der Waals surface area (Å²) in [6, 6.07) is 14.6. The van der Waals surface area contributed by atoms with Crippen LogP contribution in [-0.4, -0.2) is 52.6 Å². The van der Waals surface area contributed by atoms with E-state index in [1.807, 2.05) is 55.3 Å². The van der Waals surface area contributed by atoms with Crippen molar-refractivity contribution >= 4 is 5.91 Å². The Morgan fingerprint density at radius 1 is 0.968 bits per heavy atom. The van der Waals surface area contributed by atoms with Crippen molar-refractivity contribution < 1.29 is 13.9 Å². The molecule has 4 rings (SSSR count). The van der Waals surface area contributed by atoms with Crippen LogP contribution in [0.1, 0.15) is 44.2 Å². The van der Waals surface area contributed by atoms with E-state index in [4.69, 9.17) is 4.74 Å².